The van der Waals surface area contributed by atoms with Gasteiger partial charge in [-0.25, -0.2) is 0 Å². The number of methoxy groups -OCH3 is 1. The second-order valence-electron chi connectivity index (χ2n) is 5.21. The number of ether oxygens (including phenoxy) is 2. The van der Waals surface area contributed by atoms with Gasteiger partial charge in [-0.05, 0) is 37.0 Å². The first-order valence-electron chi connectivity index (χ1n) is 7.40. The van der Waals surface area contributed by atoms with E-state index in [1.165, 1.54) is 0 Å². The molecule has 0 unspecified atom stereocenters. The van der Waals surface area contributed by atoms with Gasteiger partial charge in [0.15, 0.2) is 6.61 Å². The van der Waals surface area contributed by atoms with Gasteiger partial charge in [0.2, 0.25) is 0 Å². The van der Waals surface area contributed by atoms with Gasteiger partial charge < -0.3 is 14.8 Å². The molecule has 0 radical (unpaired) electrons. The van der Waals surface area contributed by atoms with Gasteiger partial charge in [-0.2, -0.15) is 0 Å². The first kappa shape index (κ1) is 16.1. The maximum atomic E-state index is 11.8. The van der Waals surface area contributed by atoms with Crippen molar-refractivity contribution in [3.63, 3.8) is 0 Å². The Morgan fingerprint density at radius 3 is 2.64 bits per heavy atom. The van der Waals surface area contributed by atoms with Crippen molar-refractivity contribution in [2.75, 3.05) is 13.7 Å². The molecular formula is C17H21NO4. The number of carbonyl (C=O) groups excluding carboxylic acids is 2. The van der Waals surface area contributed by atoms with E-state index in [2.05, 4.69) is 11.4 Å². The van der Waals surface area contributed by atoms with Gasteiger partial charge in [0, 0.05) is 6.54 Å². The number of hydrogen-bond acceptors (Lipinski definition) is 4. The molecule has 2 rings (SSSR count). The monoisotopic (exact) mass is 303 g/mol. The highest BCUT2D eigenvalue weighted by Crippen LogP contribution is 2.19. The maximum Gasteiger partial charge on any atom is 0.309 e. The van der Waals surface area contributed by atoms with E-state index >= 15 is 0 Å². The molecule has 118 valence electrons. The number of benzene rings is 1. The summed E-state index contributed by atoms with van der Waals surface area (Å²) in [5.41, 5.74) is 0.956. The van der Waals surface area contributed by atoms with Gasteiger partial charge in [-0.15, -0.1) is 0 Å². The van der Waals surface area contributed by atoms with Gasteiger partial charge in [0.1, 0.15) is 5.75 Å². The lowest BCUT2D eigenvalue weighted by molar-refractivity contribution is -0.152. The lowest BCUT2D eigenvalue weighted by Gasteiger charge is -2.16. The van der Waals surface area contributed by atoms with Crippen LogP contribution in [0.2, 0.25) is 0 Å². The molecule has 0 aromatic heterocycles. The minimum absolute atomic E-state index is 0.112. The van der Waals surface area contributed by atoms with Crippen molar-refractivity contribution in [2.45, 2.75) is 25.8 Å². The van der Waals surface area contributed by atoms with E-state index in [1.54, 1.807) is 7.11 Å². The highest BCUT2D eigenvalue weighted by molar-refractivity contribution is 5.81. The van der Waals surface area contributed by atoms with Gasteiger partial charge in [0.05, 0.1) is 13.0 Å². The number of nitrogens with one attached hydrogen (secondary N) is 1. The standard InChI is InChI=1S/C17H21NO4/c1-21-15-9-7-13(8-10-15)11-18-16(19)12-22-17(20)14-5-3-2-4-6-14/h2-3,7-10,14H,4-6,11-12H2,1H3,(H,18,19)/t14-/m1/s1. The smallest absolute Gasteiger partial charge is 0.309 e. The Labute approximate surface area is 130 Å². The number of hydrogen-bond donors (Lipinski definition) is 1. The van der Waals surface area contributed by atoms with Crippen LogP contribution >= 0.6 is 0 Å². The third kappa shape index (κ3) is 4.91. The maximum absolute atomic E-state index is 11.8. The summed E-state index contributed by atoms with van der Waals surface area (Å²) in [6.07, 6.45) is 6.43. The van der Waals surface area contributed by atoms with E-state index in [0.717, 1.165) is 24.2 Å². The molecule has 0 spiro atoms. The molecule has 0 saturated heterocycles. The first-order valence-corrected chi connectivity index (χ1v) is 7.40. The predicted molar refractivity (Wildman–Crippen MR) is 82.3 cm³/mol. The van der Waals surface area contributed by atoms with Crippen LogP contribution in [-0.4, -0.2) is 25.6 Å². The molecule has 1 N–H and O–H groups in total. The van der Waals surface area contributed by atoms with E-state index in [1.807, 2.05) is 30.3 Å². The van der Waals surface area contributed by atoms with Crippen LogP contribution in [0.4, 0.5) is 0 Å². The third-order valence-electron chi connectivity index (χ3n) is 3.60. The SMILES string of the molecule is COc1ccc(CNC(=O)COC(=O)[C@@H]2CC=CCC2)cc1. The third-order valence-corrected chi connectivity index (χ3v) is 3.60. The van der Waals surface area contributed by atoms with Gasteiger partial charge in [0.25, 0.3) is 5.91 Å². The molecule has 1 aliphatic rings. The topological polar surface area (TPSA) is 64.6 Å². The summed E-state index contributed by atoms with van der Waals surface area (Å²) >= 11 is 0. The molecule has 5 heteroatoms. The van der Waals surface area contributed by atoms with Crippen molar-refractivity contribution < 1.29 is 19.1 Å². The molecule has 1 atom stereocenters. The summed E-state index contributed by atoms with van der Waals surface area (Å²) in [6.45, 7) is 0.168. The van der Waals surface area contributed by atoms with Crippen LogP contribution in [-0.2, 0) is 20.9 Å². The molecule has 1 amide bonds. The van der Waals surface area contributed by atoms with Gasteiger partial charge in [-0.1, -0.05) is 24.3 Å². The van der Waals surface area contributed by atoms with E-state index in [-0.39, 0.29) is 24.4 Å². The van der Waals surface area contributed by atoms with Crippen LogP contribution in [0.25, 0.3) is 0 Å². The van der Waals surface area contributed by atoms with E-state index in [4.69, 9.17) is 9.47 Å². The largest absolute Gasteiger partial charge is 0.497 e. The fraction of sp³-hybridized carbons (Fsp3) is 0.412. The van der Waals surface area contributed by atoms with Crippen LogP contribution in [0.3, 0.4) is 0 Å². The van der Waals surface area contributed by atoms with Crippen molar-refractivity contribution in [3.05, 3.63) is 42.0 Å². The second kappa shape index (κ2) is 8.22. The Bertz CT molecular complexity index is 536. The number of rotatable bonds is 6. The molecule has 0 bridgehead atoms. The van der Waals surface area contributed by atoms with Crippen molar-refractivity contribution in [2.24, 2.45) is 5.92 Å². The summed E-state index contributed by atoms with van der Waals surface area (Å²) in [6, 6.07) is 7.41. The minimum atomic E-state index is -0.296. The summed E-state index contributed by atoms with van der Waals surface area (Å²) in [5.74, 6) is 0.0735. The average Bonchev–Trinajstić information content (AvgIpc) is 2.59. The first-order chi connectivity index (χ1) is 10.7. The zero-order valence-electron chi connectivity index (χ0n) is 12.7. The van der Waals surface area contributed by atoms with Crippen LogP contribution in [0.5, 0.6) is 5.75 Å². The fourth-order valence-electron chi connectivity index (χ4n) is 2.26. The molecule has 22 heavy (non-hydrogen) atoms. The quantitative estimate of drug-likeness (QED) is 0.646. The van der Waals surface area contributed by atoms with Gasteiger partial charge in [-0.3, -0.25) is 9.59 Å². The molecular weight excluding hydrogens is 282 g/mol. The molecule has 1 aromatic carbocycles. The Morgan fingerprint density at radius 2 is 2.00 bits per heavy atom. The lowest BCUT2D eigenvalue weighted by atomic mass is 9.95. The number of amides is 1. The van der Waals surface area contributed by atoms with Crippen LogP contribution in [0.15, 0.2) is 36.4 Å². The van der Waals surface area contributed by atoms with Crippen LogP contribution in [0, 0.1) is 5.92 Å². The Morgan fingerprint density at radius 1 is 1.23 bits per heavy atom. The molecule has 0 heterocycles. The Hall–Kier alpha value is -2.30. The zero-order valence-corrected chi connectivity index (χ0v) is 12.7. The Kier molecular flexibility index (Phi) is 6.01. The Balaban J connectivity index is 1.68. The fourth-order valence-corrected chi connectivity index (χ4v) is 2.26. The predicted octanol–water partition coefficient (Wildman–Crippen LogP) is 2.21. The number of allylic oxidation sites excluding steroid dienone is 2. The normalized spacial score (nSPS) is 16.9. The van der Waals surface area contributed by atoms with Crippen molar-refractivity contribution in [1.82, 2.24) is 5.32 Å². The van der Waals surface area contributed by atoms with Crippen LogP contribution < -0.4 is 10.1 Å². The molecule has 0 saturated carbocycles. The lowest BCUT2D eigenvalue weighted by Crippen LogP contribution is -2.30. The summed E-state index contributed by atoms with van der Waals surface area (Å²) in [4.78, 5) is 23.5. The summed E-state index contributed by atoms with van der Waals surface area (Å²) in [5, 5.41) is 2.72. The molecule has 1 aliphatic carbocycles. The molecule has 0 fully saturated rings. The van der Waals surface area contributed by atoms with E-state index < -0.39 is 0 Å². The highest BCUT2D eigenvalue weighted by atomic mass is 16.5. The molecule has 0 aliphatic heterocycles. The highest BCUT2D eigenvalue weighted by Gasteiger charge is 2.20. The van der Waals surface area contributed by atoms with Crippen molar-refractivity contribution in [1.29, 1.82) is 0 Å². The van der Waals surface area contributed by atoms with Crippen molar-refractivity contribution in [3.8, 4) is 5.75 Å². The van der Waals surface area contributed by atoms with Crippen molar-refractivity contribution >= 4 is 11.9 Å². The van der Waals surface area contributed by atoms with E-state index in [0.29, 0.717) is 13.0 Å². The summed E-state index contributed by atoms with van der Waals surface area (Å²) < 4.78 is 10.1. The average molecular weight is 303 g/mol. The zero-order chi connectivity index (χ0) is 15.8. The number of esters is 1. The molecule has 1 aromatic rings. The molecule has 5 nitrogen and oxygen atoms in total. The van der Waals surface area contributed by atoms with Crippen LogP contribution in [0.1, 0.15) is 24.8 Å². The van der Waals surface area contributed by atoms with Gasteiger partial charge >= 0.3 is 5.97 Å². The number of carbonyl (C=O) groups is 2. The summed E-state index contributed by atoms with van der Waals surface area (Å²) in [7, 11) is 1.60. The second-order valence-corrected chi connectivity index (χ2v) is 5.21. The minimum Gasteiger partial charge on any atom is -0.497 e. The van der Waals surface area contributed by atoms with E-state index in [9.17, 15) is 9.59 Å².